The summed E-state index contributed by atoms with van der Waals surface area (Å²) in [4.78, 5) is 11.2. The van der Waals surface area contributed by atoms with Gasteiger partial charge in [-0.25, -0.2) is 0 Å². The number of aromatic nitrogens is 3. The van der Waals surface area contributed by atoms with Crippen LogP contribution >= 0.6 is 27.5 Å². The highest BCUT2D eigenvalue weighted by molar-refractivity contribution is 9.10. The molecule has 0 bridgehead atoms. The number of benzene rings is 1. The Hall–Kier alpha value is -1.40. The quantitative estimate of drug-likeness (QED) is 0.941. The molecule has 1 aromatic heterocycles. The second kappa shape index (κ2) is 5.29. The number of nitrogens with two attached hydrogens (primary N) is 1. The van der Waals surface area contributed by atoms with Gasteiger partial charge in [-0.15, -0.1) is 0 Å². The van der Waals surface area contributed by atoms with Gasteiger partial charge in [-0.2, -0.15) is 15.0 Å². The van der Waals surface area contributed by atoms with Gasteiger partial charge in [0, 0.05) is 4.47 Å². The number of nitrogen functional groups attached to an aromatic ring is 1. The van der Waals surface area contributed by atoms with Crippen LogP contribution in [-0.2, 0) is 6.61 Å². The maximum atomic E-state index is 5.62. The Bertz CT molecular complexity index is 500. The third-order valence-corrected chi connectivity index (χ3v) is 2.58. The Morgan fingerprint density at radius 3 is 2.53 bits per heavy atom. The largest absolute Gasteiger partial charge is 0.458 e. The lowest BCUT2D eigenvalue weighted by Gasteiger charge is -2.04. The van der Waals surface area contributed by atoms with E-state index < -0.39 is 0 Å². The summed E-state index contributed by atoms with van der Waals surface area (Å²) in [6.45, 7) is 0.340. The van der Waals surface area contributed by atoms with E-state index in [-0.39, 0.29) is 17.2 Å². The summed E-state index contributed by atoms with van der Waals surface area (Å²) in [7, 11) is 0. The summed E-state index contributed by atoms with van der Waals surface area (Å²) >= 11 is 8.98. The standard InChI is InChI=1S/C10H8BrClN4O/c11-7-3-1-6(2-4-7)5-17-10-15-8(12)14-9(13)16-10/h1-4H,5H2,(H2,13,14,15,16). The van der Waals surface area contributed by atoms with Crippen molar-refractivity contribution in [2.75, 3.05) is 5.73 Å². The van der Waals surface area contributed by atoms with Crippen LogP contribution in [-0.4, -0.2) is 15.0 Å². The Labute approximate surface area is 111 Å². The molecule has 1 aromatic carbocycles. The molecule has 0 saturated heterocycles. The second-order valence-corrected chi connectivity index (χ2v) is 4.41. The summed E-state index contributed by atoms with van der Waals surface area (Å²) < 4.78 is 6.36. The number of ether oxygens (including phenoxy) is 1. The SMILES string of the molecule is Nc1nc(Cl)nc(OCc2ccc(Br)cc2)n1. The van der Waals surface area contributed by atoms with Crippen molar-refractivity contribution in [1.29, 1.82) is 0 Å². The van der Waals surface area contributed by atoms with Crippen molar-refractivity contribution in [3.63, 3.8) is 0 Å². The average molecular weight is 316 g/mol. The Morgan fingerprint density at radius 2 is 1.88 bits per heavy atom. The van der Waals surface area contributed by atoms with E-state index in [0.717, 1.165) is 10.0 Å². The minimum Gasteiger partial charge on any atom is -0.458 e. The Morgan fingerprint density at radius 1 is 1.18 bits per heavy atom. The summed E-state index contributed by atoms with van der Waals surface area (Å²) in [5.74, 6) is 0.0378. The average Bonchev–Trinajstić information content (AvgIpc) is 2.27. The first-order valence-corrected chi connectivity index (χ1v) is 5.85. The second-order valence-electron chi connectivity index (χ2n) is 3.16. The van der Waals surface area contributed by atoms with E-state index in [9.17, 15) is 0 Å². The fraction of sp³-hybridized carbons (Fsp3) is 0.100. The molecule has 5 nitrogen and oxygen atoms in total. The predicted molar refractivity (Wildman–Crippen MR) is 67.7 cm³/mol. The van der Waals surface area contributed by atoms with E-state index in [4.69, 9.17) is 22.1 Å². The van der Waals surface area contributed by atoms with Gasteiger partial charge < -0.3 is 10.5 Å². The fourth-order valence-electron chi connectivity index (χ4n) is 1.14. The van der Waals surface area contributed by atoms with E-state index in [0.29, 0.717) is 6.61 Å². The van der Waals surface area contributed by atoms with Crippen LogP contribution in [0.4, 0.5) is 5.95 Å². The molecule has 0 aliphatic heterocycles. The maximum absolute atomic E-state index is 5.62. The van der Waals surface area contributed by atoms with Gasteiger partial charge in [0.15, 0.2) is 0 Å². The molecule has 0 saturated carbocycles. The van der Waals surface area contributed by atoms with Gasteiger partial charge in [0.2, 0.25) is 11.2 Å². The number of rotatable bonds is 3. The van der Waals surface area contributed by atoms with Gasteiger partial charge in [-0.3, -0.25) is 0 Å². The molecule has 0 aliphatic carbocycles. The monoisotopic (exact) mass is 314 g/mol. The molecule has 7 heteroatoms. The summed E-state index contributed by atoms with van der Waals surface area (Å²) in [5, 5.41) is 0.0170. The first-order chi connectivity index (χ1) is 8.13. The lowest BCUT2D eigenvalue weighted by molar-refractivity contribution is 0.280. The number of nitrogens with zero attached hydrogens (tertiary/aromatic N) is 3. The van der Waals surface area contributed by atoms with Crippen LogP contribution in [0.5, 0.6) is 6.01 Å². The summed E-state index contributed by atoms with van der Waals surface area (Å²) in [6, 6.07) is 7.82. The minimum absolute atomic E-state index is 0.0170. The smallest absolute Gasteiger partial charge is 0.322 e. The van der Waals surface area contributed by atoms with Gasteiger partial charge in [-0.1, -0.05) is 28.1 Å². The molecule has 1 heterocycles. The molecule has 0 fully saturated rings. The topological polar surface area (TPSA) is 73.9 Å². The van der Waals surface area contributed by atoms with Crippen LogP contribution in [0.25, 0.3) is 0 Å². The number of hydrogen-bond acceptors (Lipinski definition) is 5. The zero-order chi connectivity index (χ0) is 12.3. The van der Waals surface area contributed by atoms with Crippen LogP contribution in [0.2, 0.25) is 5.28 Å². The molecule has 88 valence electrons. The number of hydrogen-bond donors (Lipinski definition) is 1. The van der Waals surface area contributed by atoms with Crippen LogP contribution < -0.4 is 10.5 Å². The van der Waals surface area contributed by atoms with Crippen molar-refractivity contribution in [1.82, 2.24) is 15.0 Å². The van der Waals surface area contributed by atoms with Crippen LogP contribution in [0.15, 0.2) is 28.7 Å². The van der Waals surface area contributed by atoms with Gasteiger partial charge in [-0.05, 0) is 29.3 Å². The number of halogens is 2. The molecule has 0 aliphatic rings. The first-order valence-electron chi connectivity index (χ1n) is 4.68. The Kier molecular flexibility index (Phi) is 3.75. The molecule has 0 unspecified atom stereocenters. The van der Waals surface area contributed by atoms with Crippen LogP contribution in [0, 0.1) is 0 Å². The highest BCUT2D eigenvalue weighted by atomic mass is 79.9. The van der Waals surface area contributed by atoms with E-state index in [1.54, 1.807) is 0 Å². The van der Waals surface area contributed by atoms with Crippen molar-refractivity contribution >= 4 is 33.5 Å². The van der Waals surface area contributed by atoms with Gasteiger partial charge in [0.05, 0.1) is 0 Å². The maximum Gasteiger partial charge on any atom is 0.322 e. The molecular formula is C10H8BrClN4O. The third kappa shape index (κ3) is 3.54. The number of anilines is 1. The normalized spacial score (nSPS) is 10.2. The molecule has 17 heavy (non-hydrogen) atoms. The molecule has 2 rings (SSSR count). The molecule has 2 N–H and O–H groups in total. The van der Waals surface area contributed by atoms with E-state index in [1.807, 2.05) is 24.3 Å². The van der Waals surface area contributed by atoms with E-state index in [2.05, 4.69) is 30.9 Å². The highest BCUT2D eigenvalue weighted by Gasteiger charge is 2.03. The highest BCUT2D eigenvalue weighted by Crippen LogP contribution is 2.13. The molecular weight excluding hydrogens is 307 g/mol. The van der Waals surface area contributed by atoms with Crippen LogP contribution in [0.1, 0.15) is 5.56 Å². The van der Waals surface area contributed by atoms with E-state index >= 15 is 0 Å². The summed E-state index contributed by atoms with van der Waals surface area (Å²) in [6.07, 6.45) is 0. The fourth-order valence-corrected chi connectivity index (χ4v) is 1.56. The lowest BCUT2D eigenvalue weighted by Crippen LogP contribution is -2.03. The van der Waals surface area contributed by atoms with Gasteiger partial charge in [0.25, 0.3) is 0 Å². The van der Waals surface area contributed by atoms with Crippen molar-refractivity contribution in [3.05, 3.63) is 39.6 Å². The Balaban J connectivity index is 2.04. The van der Waals surface area contributed by atoms with Gasteiger partial charge >= 0.3 is 6.01 Å². The zero-order valence-electron chi connectivity index (χ0n) is 8.60. The molecule has 0 atom stereocenters. The summed E-state index contributed by atoms with van der Waals surface area (Å²) in [5.41, 5.74) is 6.40. The van der Waals surface area contributed by atoms with Gasteiger partial charge in [0.1, 0.15) is 6.61 Å². The zero-order valence-corrected chi connectivity index (χ0v) is 10.9. The van der Waals surface area contributed by atoms with E-state index in [1.165, 1.54) is 0 Å². The minimum atomic E-state index is 0.0170. The van der Waals surface area contributed by atoms with Crippen LogP contribution in [0.3, 0.4) is 0 Å². The molecule has 0 radical (unpaired) electrons. The predicted octanol–water partition coefficient (Wildman–Crippen LogP) is 2.45. The van der Waals surface area contributed by atoms with Crippen molar-refractivity contribution < 1.29 is 4.74 Å². The molecule has 2 aromatic rings. The third-order valence-electron chi connectivity index (χ3n) is 1.89. The van der Waals surface area contributed by atoms with Crippen molar-refractivity contribution in [2.24, 2.45) is 0 Å². The van der Waals surface area contributed by atoms with Crippen molar-refractivity contribution in [2.45, 2.75) is 6.61 Å². The van der Waals surface area contributed by atoms with Crippen molar-refractivity contribution in [3.8, 4) is 6.01 Å². The molecule has 0 spiro atoms. The molecule has 0 amide bonds. The first kappa shape index (κ1) is 12.1. The lowest BCUT2D eigenvalue weighted by atomic mass is 10.2.